The summed E-state index contributed by atoms with van der Waals surface area (Å²) < 4.78 is 0. The second-order valence-electron chi connectivity index (χ2n) is 3.34. The van der Waals surface area contributed by atoms with Crippen molar-refractivity contribution < 1.29 is 0 Å². The summed E-state index contributed by atoms with van der Waals surface area (Å²) in [4.78, 5) is 0. The molecule has 0 aliphatic carbocycles. The van der Waals surface area contributed by atoms with Crippen molar-refractivity contribution in [3.05, 3.63) is 37.0 Å². The molecule has 0 aliphatic rings. The van der Waals surface area contributed by atoms with Crippen molar-refractivity contribution in [3.63, 3.8) is 0 Å². The molecule has 0 saturated heterocycles. The van der Waals surface area contributed by atoms with Crippen LogP contribution in [0.25, 0.3) is 0 Å². The van der Waals surface area contributed by atoms with Crippen molar-refractivity contribution in [2.75, 3.05) is 0 Å². The SMILES string of the molecule is C=C/C=C\C(=C)CC.CC(C)C. The Hall–Kier alpha value is -0.780. The molecule has 0 saturated carbocycles. The molecule has 12 heavy (non-hydrogen) atoms. The Morgan fingerprint density at radius 2 is 1.75 bits per heavy atom. The predicted molar refractivity (Wildman–Crippen MR) is 59.3 cm³/mol. The molecule has 0 unspecified atom stereocenters. The maximum Gasteiger partial charge on any atom is -0.0313 e. The second kappa shape index (κ2) is 10.2. The van der Waals surface area contributed by atoms with Gasteiger partial charge in [-0.05, 0) is 12.3 Å². The van der Waals surface area contributed by atoms with E-state index in [0.29, 0.717) is 0 Å². The van der Waals surface area contributed by atoms with Crippen LogP contribution in [-0.4, -0.2) is 0 Å². The van der Waals surface area contributed by atoms with Gasteiger partial charge in [0.1, 0.15) is 0 Å². The molecule has 0 bridgehead atoms. The van der Waals surface area contributed by atoms with Gasteiger partial charge in [-0.1, -0.05) is 64.7 Å². The van der Waals surface area contributed by atoms with Crippen molar-refractivity contribution in [3.8, 4) is 0 Å². The van der Waals surface area contributed by atoms with E-state index in [1.165, 1.54) is 0 Å². The molecule has 0 aromatic heterocycles. The minimum atomic E-state index is 0.833. The van der Waals surface area contributed by atoms with Crippen LogP contribution < -0.4 is 0 Å². The third-order valence-electron chi connectivity index (χ3n) is 0.922. The number of rotatable bonds is 3. The van der Waals surface area contributed by atoms with E-state index >= 15 is 0 Å². The van der Waals surface area contributed by atoms with Gasteiger partial charge in [0, 0.05) is 0 Å². The highest BCUT2D eigenvalue weighted by atomic mass is 13.8. The highest BCUT2D eigenvalue weighted by Crippen LogP contribution is 1.96. The van der Waals surface area contributed by atoms with Gasteiger partial charge in [-0.2, -0.15) is 0 Å². The topological polar surface area (TPSA) is 0 Å². The van der Waals surface area contributed by atoms with Crippen LogP contribution in [0.15, 0.2) is 37.0 Å². The summed E-state index contributed by atoms with van der Waals surface area (Å²) in [6, 6.07) is 0. The highest BCUT2D eigenvalue weighted by molar-refractivity contribution is 5.17. The standard InChI is InChI=1S/C8H12.C4H10/c1-4-6-7-8(3)5-2;1-4(2)3/h4,6-7H,1,3,5H2,2H3;4H,1-3H3/b7-6-;. The fourth-order valence-electron chi connectivity index (χ4n) is 0.322. The average molecular weight is 166 g/mol. The zero-order valence-corrected chi connectivity index (χ0v) is 8.93. The molecule has 0 heteroatoms. The lowest BCUT2D eigenvalue weighted by molar-refractivity contribution is 0.737. The van der Waals surface area contributed by atoms with Crippen molar-refractivity contribution >= 4 is 0 Å². The summed E-state index contributed by atoms with van der Waals surface area (Å²) in [5.41, 5.74) is 1.14. The predicted octanol–water partition coefficient (Wildman–Crippen LogP) is 4.36. The second-order valence-corrected chi connectivity index (χ2v) is 3.34. The summed E-state index contributed by atoms with van der Waals surface area (Å²) in [6.07, 6.45) is 6.63. The van der Waals surface area contributed by atoms with Crippen LogP contribution in [0, 0.1) is 5.92 Å². The Labute approximate surface area is 77.7 Å². The van der Waals surface area contributed by atoms with Crippen LogP contribution >= 0.6 is 0 Å². The Morgan fingerprint density at radius 3 is 2.00 bits per heavy atom. The monoisotopic (exact) mass is 166 g/mol. The summed E-state index contributed by atoms with van der Waals surface area (Å²) in [7, 11) is 0. The van der Waals surface area contributed by atoms with Crippen molar-refractivity contribution in [2.45, 2.75) is 34.1 Å². The average Bonchev–Trinajstić information content (AvgIpc) is 1.99. The van der Waals surface area contributed by atoms with Crippen LogP contribution in [0.2, 0.25) is 0 Å². The van der Waals surface area contributed by atoms with Gasteiger partial charge in [0.05, 0.1) is 0 Å². The minimum Gasteiger partial charge on any atom is -0.0991 e. The Bertz CT molecular complexity index is 135. The molecule has 0 aromatic carbocycles. The first-order valence-corrected chi connectivity index (χ1v) is 4.51. The lowest BCUT2D eigenvalue weighted by Gasteiger charge is -1.86. The van der Waals surface area contributed by atoms with Crippen molar-refractivity contribution in [1.82, 2.24) is 0 Å². The molecule has 70 valence electrons. The first-order valence-electron chi connectivity index (χ1n) is 4.51. The highest BCUT2D eigenvalue weighted by Gasteiger charge is 1.75. The Morgan fingerprint density at radius 1 is 1.33 bits per heavy atom. The zero-order valence-electron chi connectivity index (χ0n) is 8.93. The van der Waals surface area contributed by atoms with E-state index in [1.54, 1.807) is 6.08 Å². The van der Waals surface area contributed by atoms with E-state index in [0.717, 1.165) is 17.9 Å². The van der Waals surface area contributed by atoms with E-state index in [-0.39, 0.29) is 0 Å². The number of hydrogen-bond donors (Lipinski definition) is 0. The molecule has 0 heterocycles. The third kappa shape index (κ3) is 22.9. The molecule has 0 amide bonds. The minimum absolute atomic E-state index is 0.833. The molecular weight excluding hydrogens is 144 g/mol. The van der Waals surface area contributed by atoms with Crippen LogP contribution in [0.3, 0.4) is 0 Å². The normalized spacial score (nSPS) is 9.42. The zero-order chi connectivity index (χ0) is 9.98. The first kappa shape index (κ1) is 13.8. The maximum absolute atomic E-state index is 3.78. The summed E-state index contributed by atoms with van der Waals surface area (Å²) >= 11 is 0. The van der Waals surface area contributed by atoms with E-state index in [4.69, 9.17) is 0 Å². The van der Waals surface area contributed by atoms with E-state index in [2.05, 4.69) is 40.9 Å². The number of hydrogen-bond acceptors (Lipinski definition) is 0. The maximum atomic E-state index is 3.78. The van der Waals surface area contributed by atoms with Gasteiger partial charge in [0.2, 0.25) is 0 Å². The van der Waals surface area contributed by atoms with Gasteiger partial charge in [0.15, 0.2) is 0 Å². The fourth-order valence-corrected chi connectivity index (χ4v) is 0.322. The number of allylic oxidation sites excluding steroid dienone is 4. The molecule has 0 aliphatic heterocycles. The van der Waals surface area contributed by atoms with Gasteiger partial charge >= 0.3 is 0 Å². The quantitative estimate of drug-likeness (QED) is 0.546. The molecule has 0 spiro atoms. The Balaban J connectivity index is 0. The van der Waals surface area contributed by atoms with Crippen molar-refractivity contribution in [2.24, 2.45) is 5.92 Å². The van der Waals surface area contributed by atoms with E-state index < -0.39 is 0 Å². The molecule has 0 N–H and O–H groups in total. The fraction of sp³-hybridized carbons (Fsp3) is 0.500. The largest absolute Gasteiger partial charge is 0.0991 e. The summed E-state index contributed by atoms with van der Waals surface area (Å²) in [5.74, 6) is 0.833. The van der Waals surface area contributed by atoms with Gasteiger partial charge in [0.25, 0.3) is 0 Å². The third-order valence-corrected chi connectivity index (χ3v) is 0.922. The summed E-state index contributed by atoms with van der Waals surface area (Å²) in [5, 5.41) is 0. The molecule has 0 atom stereocenters. The summed E-state index contributed by atoms with van der Waals surface area (Å²) in [6.45, 7) is 15.9. The first-order chi connectivity index (χ1) is 5.54. The van der Waals surface area contributed by atoms with Gasteiger partial charge in [-0.25, -0.2) is 0 Å². The smallest absolute Gasteiger partial charge is 0.0313 e. The van der Waals surface area contributed by atoms with Gasteiger partial charge < -0.3 is 0 Å². The van der Waals surface area contributed by atoms with Crippen molar-refractivity contribution in [1.29, 1.82) is 0 Å². The van der Waals surface area contributed by atoms with Crippen LogP contribution in [0.4, 0.5) is 0 Å². The Kier molecular flexibility index (Phi) is 11.7. The van der Waals surface area contributed by atoms with Gasteiger partial charge in [-0.15, -0.1) is 0 Å². The molecular formula is C12H22. The molecule has 0 fully saturated rings. The molecule has 0 rings (SSSR count). The molecule has 0 nitrogen and oxygen atoms in total. The molecule has 0 radical (unpaired) electrons. The lowest BCUT2D eigenvalue weighted by Crippen LogP contribution is -1.66. The van der Waals surface area contributed by atoms with Crippen LogP contribution in [0.1, 0.15) is 34.1 Å². The van der Waals surface area contributed by atoms with E-state index in [1.807, 2.05) is 12.2 Å². The lowest BCUT2D eigenvalue weighted by atomic mass is 10.2. The van der Waals surface area contributed by atoms with Crippen LogP contribution in [0.5, 0.6) is 0 Å². The van der Waals surface area contributed by atoms with E-state index in [9.17, 15) is 0 Å². The van der Waals surface area contributed by atoms with Gasteiger partial charge in [-0.3, -0.25) is 0 Å². The van der Waals surface area contributed by atoms with Crippen LogP contribution in [-0.2, 0) is 0 Å². The molecule has 0 aromatic rings.